The minimum Gasteiger partial charge on any atom is -0.392 e. The number of nitrogens with zero attached hydrogens (tertiary/aromatic N) is 3. The number of amides is 1. The zero-order valence-electron chi connectivity index (χ0n) is 10.7. The summed E-state index contributed by atoms with van der Waals surface area (Å²) in [6.45, 7) is -0.109. The highest BCUT2D eigenvalue weighted by atomic mass is 35.5. The molecule has 0 spiro atoms. The Balaban J connectivity index is 2.33. The summed E-state index contributed by atoms with van der Waals surface area (Å²) in [5.74, 6) is -0.156. The van der Waals surface area contributed by atoms with Crippen molar-refractivity contribution in [1.82, 2.24) is 14.7 Å². The maximum Gasteiger partial charge on any atom is 0.273 e. The van der Waals surface area contributed by atoms with E-state index < -0.39 is 0 Å². The molecule has 0 fully saturated rings. The van der Waals surface area contributed by atoms with E-state index in [0.29, 0.717) is 16.3 Å². The lowest BCUT2D eigenvalue weighted by atomic mass is 10.2. The van der Waals surface area contributed by atoms with Gasteiger partial charge in [0.2, 0.25) is 0 Å². The molecule has 100 valence electrons. The third-order valence-electron chi connectivity index (χ3n) is 2.69. The van der Waals surface area contributed by atoms with Crippen molar-refractivity contribution in [3.05, 3.63) is 46.7 Å². The molecule has 1 heterocycles. The predicted molar refractivity (Wildman–Crippen MR) is 72.5 cm³/mol. The van der Waals surface area contributed by atoms with Gasteiger partial charge in [-0.2, -0.15) is 5.10 Å². The van der Waals surface area contributed by atoms with Gasteiger partial charge in [-0.1, -0.05) is 17.7 Å². The van der Waals surface area contributed by atoms with E-state index in [9.17, 15) is 4.79 Å². The van der Waals surface area contributed by atoms with Crippen LogP contribution in [-0.4, -0.2) is 39.8 Å². The minimum atomic E-state index is -0.156. The number of aliphatic hydroxyl groups excluding tert-OH is 1. The number of rotatable bonds is 3. The molecule has 1 N–H and O–H groups in total. The lowest BCUT2D eigenvalue weighted by molar-refractivity contribution is 0.0821. The molecular weight excluding hydrogens is 266 g/mol. The Morgan fingerprint density at radius 1 is 1.42 bits per heavy atom. The Labute approximate surface area is 116 Å². The third-order valence-corrected chi connectivity index (χ3v) is 3.04. The number of hydrogen-bond donors (Lipinski definition) is 1. The number of halogens is 1. The molecule has 19 heavy (non-hydrogen) atoms. The molecule has 1 amide bonds. The number of aromatic nitrogens is 2. The predicted octanol–water partition coefficient (Wildman–Crippen LogP) is 1.72. The summed E-state index contributed by atoms with van der Waals surface area (Å²) in [6, 6.07) is 6.86. The van der Waals surface area contributed by atoms with E-state index >= 15 is 0 Å². The zero-order valence-corrected chi connectivity index (χ0v) is 11.4. The fraction of sp³-hybridized carbons (Fsp3) is 0.231. The molecule has 0 aliphatic carbocycles. The first-order valence-corrected chi connectivity index (χ1v) is 6.07. The van der Waals surface area contributed by atoms with E-state index in [2.05, 4.69) is 5.10 Å². The van der Waals surface area contributed by atoms with Crippen LogP contribution in [-0.2, 0) is 6.61 Å². The highest BCUT2D eigenvalue weighted by Gasteiger charge is 2.12. The fourth-order valence-corrected chi connectivity index (χ4v) is 1.85. The second-order valence-electron chi connectivity index (χ2n) is 4.28. The summed E-state index contributed by atoms with van der Waals surface area (Å²) in [5.41, 5.74) is 1.76. The van der Waals surface area contributed by atoms with Gasteiger partial charge in [-0.05, 0) is 23.8 Å². The number of aliphatic hydroxyl groups is 1. The first kappa shape index (κ1) is 13.6. The zero-order chi connectivity index (χ0) is 14.0. The molecule has 0 aliphatic heterocycles. The molecule has 0 radical (unpaired) electrons. The van der Waals surface area contributed by atoms with Crippen LogP contribution in [0.15, 0.2) is 30.5 Å². The van der Waals surface area contributed by atoms with Gasteiger partial charge in [-0.3, -0.25) is 4.79 Å². The van der Waals surface area contributed by atoms with Gasteiger partial charge >= 0.3 is 0 Å². The SMILES string of the molecule is CN(C)C(=O)c1ccn(-c2ccc(CO)c(Cl)c2)n1. The van der Waals surface area contributed by atoms with E-state index in [4.69, 9.17) is 16.7 Å². The van der Waals surface area contributed by atoms with Gasteiger partial charge in [0, 0.05) is 25.3 Å². The van der Waals surface area contributed by atoms with Gasteiger partial charge in [0.25, 0.3) is 5.91 Å². The standard InChI is InChI=1S/C13H14ClN3O2/c1-16(2)13(19)12-5-6-17(15-12)10-4-3-9(8-18)11(14)7-10/h3-7,18H,8H2,1-2H3. The van der Waals surface area contributed by atoms with Crippen LogP contribution in [0.25, 0.3) is 5.69 Å². The Morgan fingerprint density at radius 2 is 2.16 bits per heavy atom. The molecule has 0 aliphatic rings. The van der Waals surface area contributed by atoms with Crippen LogP contribution in [0.5, 0.6) is 0 Å². The fourth-order valence-electron chi connectivity index (χ4n) is 1.62. The van der Waals surface area contributed by atoms with Crippen LogP contribution in [0, 0.1) is 0 Å². The first-order chi connectivity index (χ1) is 9.02. The molecule has 0 saturated carbocycles. The first-order valence-electron chi connectivity index (χ1n) is 5.70. The summed E-state index contributed by atoms with van der Waals surface area (Å²) in [5, 5.41) is 13.7. The quantitative estimate of drug-likeness (QED) is 0.931. The van der Waals surface area contributed by atoms with Crippen LogP contribution in [0.4, 0.5) is 0 Å². The van der Waals surface area contributed by atoms with Gasteiger partial charge in [0.1, 0.15) is 0 Å². The van der Waals surface area contributed by atoms with E-state index in [1.807, 2.05) is 0 Å². The van der Waals surface area contributed by atoms with E-state index in [0.717, 1.165) is 5.69 Å². The molecule has 0 unspecified atom stereocenters. The van der Waals surface area contributed by atoms with E-state index in [-0.39, 0.29) is 12.5 Å². The van der Waals surface area contributed by atoms with Crippen molar-refractivity contribution < 1.29 is 9.90 Å². The molecule has 0 saturated heterocycles. The highest BCUT2D eigenvalue weighted by molar-refractivity contribution is 6.31. The molecule has 2 rings (SSSR count). The average Bonchev–Trinajstić information content (AvgIpc) is 2.87. The summed E-state index contributed by atoms with van der Waals surface area (Å²) in [6.07, 6.45) is 1.70. The lowest BCUT2D eigenvalue weighted by Gasteiger charge is -2.07. The van der Waals surface area contributed by atoms with Gasteiger partial charge in [-0.25, -0.2) is 4.68 Å². The second-order valence-corrected chi connectivity index (χ2v) is 4.69. The van der Waals surface area contributed by atoms with Crippen molar-refractivity contribution in [1.29, 1.82) is 0 Å². The summed E-state index contributed by atoms with van der Waals surface area (Å²) in [4.78, 5) is 13.2. The van der Waals surface area contributed by atoms with Gasteiger partial charge in [0.05, 0.1) is 12.3 Å². The van der Waals surface area contributed by atoms with Crippen molar-refractivity contribution >= 4 is 17.5 Å². The van der Waals surface area contributed by atoms with E-state index in [1.54, 1.807) is 49.2 Å². The van der Waals surface area contributed by atoms with Crippen LogP contribution in [0.3, 0.4) is 0 Å². The average molecular weight is 280 g/mol. The van der Waals surface area contributed by atoms with Crippen LogP contribution in [0.1, 0.15) is 16.1 Å². The Bertz CT molecular complexity index is 608. The Hall–Kier alpha value is -1.85. The molecule has 6 heteroatoms. The second kappa shape index (κ2) is 5.42. The van der Waals surface area contributed by atoms with Crippen molar-refractivity contribution in [2.24, 2.45) is 0 Å². The highest BCUT2D eigenvalue weighted by Crippen LogP contribution is 2.20. The molecule has 2 aromatic rings. The van der Waals surface area contributed by atoms with Crippen molar-refractivity contribution in [2.75, 3.05) is 14.1 Å². The van der Waals surface area contributed by atoms with Crippen molar-refractivity contribution in [3.8, 4) is 5.69 Å². The smallest absolute Gasteiger partial charge is 0.273 e. The Kier molecular flexibility index (Phi) is 3.87. The minimum absolute atomic E-state index is 0.109. The number of carbonyl (C=O) groups is 1. The monoisotopic (exact) mass is 279 g/mol. The van der Waals surface area contributed by atoms with Gasteiger partial charge in [0.15, 0.2) is 5.69 Å². The lowest BCUT2D eigenvalue weighted by Crippen LogP contribution is -2.22. The maximum absolute atomic E-state index is 11.7. The van der Waals surface area contributed by atoms with Crippen LogP contribution < -0.4 is 0 Å². The van der Waals surface area contributed by atoms with Crippen molar-refractivity contribution in [2.45, 2.75) is 6.61 Å². The van der Waals surface area contributed by atoms with Crippen LogP contribution in [0.2, 0.25) is 5.02 Å². The molecule has 5 nitrogen and oxygen atoms in total. The molecule has 0 bridgehead atoms. The maximum atomic E-state index is 11.7. The largest absolute Gasteiger partial charge is 0.392 e. The van der Waals surface area contributed by atoms with E-state index in [1.165, 1.54) is 4.90 Å². The number of carbonyl (C=O) groups excluding carboxylic acids is 1. The van der Waals surface area contributed by atoms with Crippen LogP contribution >= 0.6 is 11.6 Å². The summed E-state index contributed by atoms with van der Waals surface area (Å²) < 4.78 is 1.57. The normalized spacial score (nSPS) is 10.5. The number of hydrogen-bond acceptors (Lipinski definition) is 3. The van der Waals surface area contributed by atoms with Gasteiger partial charge < -0.3 is 10.0 Å². The molecule has 0 atom stereocenters. The topological polar surface area (TPSA) is 58.4 Å². The summed E-state index contributed by atoms with van der Waals surface area (Å²) in [7, 11) is 3.35. The third kappa shape index (κ3) is 2.77. The molecule has 1 aromatic carbocycles. The van der Waals surface area contributed by atoms with Gasteiger partial charge in [-0.15, -0.1) is 0 Å². The number of benzene rings is 1. The Morgan fingerprint density at radius 3 is 2.74 bits per heavy atom. The molecular formula is C13H14ClN3O2. The van der Waals surface area contributed by atoms with Crippen molar-refractivity contribution in [3.63, 3.8) is 0 Å². The molecule has 1 aromatic heterocycles. The summed E-state index contributed by atoms with van der Waals surface area (Å²) >= 11 is 6.02.